The van der Waals surface area contributed by atoms with E-state index in [9.17, 15) is 9.59 Å². The number of nitrogens with zero attached hydrogens (tertiary/aromatic N) is 1. The van der Waals surface area contributed by atoms with Crippen molar-refractivity contribution in [2.75, 3.05) is 19.7 Å². The van der Waals surface area contributed by atoms with Crippen LogP contribution in [0.3, 0.4) is 0 Å². The van der Waals surface area contributed by atoms with Crippen molar-refractivity contribution < 1.29 is 24.6 Å². The van der Waals surface area contributed by atoms with Gasteiger partial charge in [0.25, 0.3) is 5.91 Å². The fourth-order valence-electron chi connectivity index (χ4n) is 1.85. The van der Waals surface area contributed by atoms with Gasteiger partial charge in [0.05, 0.1) is 22.0 Å². The zero-order valence-corrected chi connectivity index (χ0v) is 16.5. The third-order valence-electron chi connectivity index (χ3n) is 3.03. The minimum atomic E-state index is -1.03. The van der Waals surface area contributed by atoms with Crippen LogP contribution in [0.2, 0.25) is 0 Å². The van der Waals surface area contributed by atoms with Crippen LogP contribution in [0.1, 0.15) is 18.4 Å². The van der Waals surface area contributed by atoms with Crippen molar-refractivity contribution in [3.63, 3.8) is 0 Å². The molecule has 0 spiro atoms. The minimum absolute atomic E-state index is 0.0471. The summed E-state index contributed by atoms with van der Waals surface area (Å²) in [6.07, 6.45) is 0.574. The lowest BCUT2D eigenvalue weighted by atomic mass is 10.1. The van der Waals surface area contributed by atoms with E-state index in [1.54, 1.807) is 12.1 Å². The molecule has 0 aliphatic rings. The Bertz CT molecular complexity index is 629. The number of aliphatic carboxylic acids is 1. The van der Waals surface area contributed by atoms with E-state index < -0.39 is 11.9 Å². The smallest absolute Gasteiger partial charge is 0.305 e. The standard InChI is InChI=1S/C15H19Br2N3O5/c16-10-6-9(7-11(17)14(10)25-5-1-3-18)8-12(20-24)15(23)19-4-2-13(21)22/h6-7,24H,1-5,8,18H2,(H,19,23)(H,21,22). The number of nitrogens with one attached hydrogen (secondary N) is 1. The normalized spacial score (nSPS) is 11.2. The van der Waals surface area contributed by atoms with Gasteiger partial charge >= 0.3 is 5.97 Å². The second-order valence-electron chi connectivity index (χ2n) is 5.00. The molecule has 0 unspecified atom stereocenters. The number of rotatable bonds is 10. The topological polar surface area (TPSA) is 134 Å². The number of hydrogen-bond donors (Lipinski definition) is 4. The molecule has 1 rings (SSSR count). The molecule has 0 aromatic heterocycles. The van der Waals surface area contributed by atoms with Gasteiger partial charge in [-0.1, -0.05) is 5.16 Å². The number of carbonyl (C=O) groups excluding carboxylic acids is 1. The summed E-state index contributed by atoms with van der Waals surface area (Å²) in [6, 6.07) is 3.50. The van der Waals surface area contributed by atoms with Crippen LogP contribution >= 0.6 is 31.9 Å². The van der Waals surface area contributed by atoms with Gasteiger partial charge in [-0.3, -0.25) is 9.59 Å². The number of halogens is 2. The number of hydrogen-bond acceptors (Lipinski definition) is 6. The van der Waals surface area contributed by atoms with E-state index >= 15 is 0 Å². The molecule has 0 saturated heterocycles. The first kappa shape index (κ1) is 21.4. The lowest BCUT2D eigenvalue weighted by molar-refractivity contribution is -0.136. The maximum absolute atomic E-state index is 11.9. The molecular formula is C15H19Br2N3O5. The molecule has 0 heterocycles. The summed E-state index contributed by atoms with van der Waals surface area (Å²) in [4.78, 5) is 22.4. The Kier molecular flexibility index (Phi) is 9.46. The summed E-state index contributed by atoms with van der Waals surface area (Å²) in [5.74, 6) is -1.04. The van der Waals surface area contributed by atoms with Crippen molar-refractivity contribution in [2.24, 2.45) is 10.9 Å². The van der Waals surface area contributed by atoms with Crippen LogP contribution < -0.4 is 15.8 Å². The van der Waals surface area contributed by atoms with E-state index in [1.165, 1.54) is 0 Å². The Morgan fingerprint density at radius 1 is 1.28 bits per heavy atom. The largest absolute Gasteiger partial charge is 0.491 e. The van der Waals surface area contributed by atoms with Crippen LogP contribution in [-0.2, 0) is 16.0 Å². The Morgan fingerprint density at radius 2 is 1.92 bits per heavy atom. The molecule has 10 heteroatoms. The molecule has 0 aliphatic heterocycles. The number of ether oxygens (including phenoxy) is 1. The summed E-state index contributed by atoms with van der Waals surface area (Å²) in [6.45, 7) is 0.956. The fourth-order valence-corrected chi connectivity index (χ4v) is 3.36. The number of carbonyl (C=O) groups is 2. The highest BCUT2D eigenvalue weighted by molar-refractivity contribution is 9.11. The van der Waals surface area contributed by atoms with E-state index in [1.807, 2.05) is 0 Å². The van der Waals surface area contributed by atoms with Crippen LogP contribution in [0.5, 0.6) is 5.75 Å². The van der Waals surface area contributed by atoms with Gasteiger partial charge in [0.15, 0.2) is 0 Å². The predicted molar refractivity (Wildman–Crippen MR) is 99.2 cm³/mol. The van der Waals surface area contributed by atoms with Crippen molar-refractivity contribution in [3.05, 3.63) is 26.6 Å². The van der Waals surface area contributed by atoms with E-state index in [0.29, 0.717) is 33.4 Å². The summed E-state index contributed by atoms with van der Waals surface area (Å²) in [7, 11) is 0. The lowest BCUT2D eigenvalue weighted by Crippen LogP contribution is -2.33. The molecule has 0 bridgehead atoms. The third kappa shape index (κ3) is 7.41. The van der Waals surface area contributed by atoms with Crippen LogP contribution in [0.15, 0.2) is 26.2 Å². The minimum Gasteiger partial charge on any atom is -0.491 e. The van der Waals surface area contributed by atoms with Crippen molar-refractivity contribution in [1.29, 1.82) is 0 Å². The molecule has 25 heavy (non-hydrogen) atoms. The zero-order valence-electron chi connectivity index (χ0n) is 13.3. The highest BCUT2D eigenvalue weighted by Gasteiger charge is 2.16. The first-order chi connectivity index (χ1) is 11.9. The van der Waals surface area contributed by atoms with Crippen molar-refractivity contribution >= 4 is 49.4 Å². The van der Waals surface area contributed by atoms with Crippen molar-refractivity contribution in [3.8, 4) is 5.75 Å². The molecule has 0 saturated carbocycles. The molecule has 0 radical (unpaired) electrons. The van der Waals surface area contributed by atoms with Gasteiger partial charge in [-0.05, 0) is 62.5 Å². The molecule has 1 aromatic rings. The van der Waals surface area contributed by atoms with Gasteiger partial charge < -0.3 is 26.1 Å². The Labute approximate surface area is 161 Å². The van der Waals surface area contributed by atoms with Crippen LogP contribution in [0.25, 0.3) is 0 Å². The molecule has 0 fully saturated rings. The maximum atomic E-state index is 11.9. The number of benzene rings is 1. The van der Waals surface area contributed by atoms with Crippen LogP contribution in [0.4, 0.5) is 0 Å². The first-order valence-electron chi connectivity index (χ1n) is 7.40. The van der Waals surface area contributed by atoms with Crippen molar-refractivity contribution in [1.82, 2.24) is 5.32 Å². The van der Waals surface area contributed by atoms with Gasteiger partial charge in [0.2, 0.25) is 0 Å². The Hall–Kier alpha value is -1.65. The lowest BCUT2D eigenvalue weighted by Gasteiger charge is -2.12. The molecule has 0 aliphatic carbocycles. The monoisotopic (exact) mass is 479 g/mol. The van der Waals surface area contributed by atoms with Crippen molar-refractivity contribution in [2.45, 2.75) is 19.3 Å². The average molecular weight is 481 g/mol. The third-order valence-corrected chi connectivity index (χ3v) is 4.21. The molecule has 5 N–H and O–H groups in total. The quantitative estimate of drug-likeness (QED) is 0.175. The molecule has 1 aromatic carbocycles. The first-order valence-corrected chi connectivity index (χ1v) is 8.99. The number of oxime groups is 1. The molecule has 138 valence electrons. The Morgan fingerprint density at radius 3 is 2.44 bits per heavy atom. The second-order valence-corrected chi connectivity index (χ2v) is 6.71. The highest BCUT2D eigenvalue weighted by atomic mass is 79.9. The second kappa shape index (κ2) is 11.1. The summed E-state index contributed by atoms with van der Waals surface area (Å²) >= 11 is 6.80. The maximum Gasteiger partial charge on any atom is 0.305 e. The van der Waals surface area contributed by atoms with Gasteiger partial charge in [-0.2, -0.15) is 0 Å². The van der Waals surface area contributed by atoms with E-state index in [-0.39, 0.29) is 25.1 Å². The zero-order chi connectivity index (χ0) is 18.8. The fraction of sp³-hybridized carbons (Fsp3) is 0.400. The highest BCUT2D eigenvalue weighted by Crippen LogP contribution is 2.35. The molecule has 8 nitrogen and oxygen atoms in total. The number of carboxylic acid groups (broad SMARTS) is 1. The van der Waals surface area contributed by atoms with Gasteiger partial charge in [-0.25, -0.2) is 0 Å². The Balaban J connectivity index is 2.76. The van der Waals surface area contributed by atoms with E-state index in [2.05, 4.69) is 42.3 Å². The van der Waals surface area contributed by atoms with E-state index in [4.69, 9.17) is 20.8 Å². The molecular weight excluding hydrogens is 462 g/mol. The summed E-state index contributed by atoms with van der Waals surface area (Å²) in [5, 5.41) is 23.0. The van der Waals surface area contributed by atoms with Crippen LogP contribution in [0, 0.1) is 0 Å². The van der Waals surface area contributed by atoms with Gasteiger partial charge in [0, 0.05) is 13.0 Å². The SMILES string of the molecule is NCCCOc1c(Br)cc(CC(=NO)C(=O)NCCC(=O)O)cc1Br. The van der Waals surface area contributed by atoms with Gasteiger partial charge in [0.1, 0.15) is 11.5 Å². The molecule has 0 atom stereocenters. The number of amides is 1. The van der Waals surface area contributed by atoms with E-state index in [0.717, 1.165) is 6.42 Å². The van der Waals surface area contributed by atoms with Crippen LogP contribution in [-0.4, -0.2) is 47.6 Å². The van der Waals surface area contributed by atoms with Gasteiger partial charge in [-0.15, -0.1) is 0 Å². The average Bonchev–Trinajstić information content (AvgIpc) is 2.54. The summed E-state index contributed by atoms with van der Waals surface area (Å²) in [5.41, 5.74) is 6.01. The summed E-state index contributed by atoms with van der Waals surface area (Å²) < 4.78 is 6.99. The predicted octanol–water partition coefficient (Wildman–Crippen LogP) is 1.90. The number of nitrogens with two attached hydrogens (primary N) is 1. The molecule has 1 amide bonds. The number of carboxylic acids is 1.